The smallest absolute Gasteiger partial charge is 0.307 e. The zero-order chi connectivity index (χ0) is 14.0. The molecule has 2 atom stereocenters. The highest BCUT2D eigenvalue weighted by atomic mass is 16.5. The van der Waals surface area contributed by atoms with E-state index < -0.39 is 17.9 Å². The van der Waals surface area contributed by atoms with Crippen LogP contribution >= 0.6 is 0 Å². The van der Waals surface area contributed by atoms with E-state index in [-0.39, 0.29) is 12.3 Å². The lowest BCUT2D eigenvalue weighted by Gasteiger charge is -2.19. The first-order valence-electron chi connectivity index (χ1n) is 6.91. The predicted molar refractivity (Wildman–Crippen MR) is 70.3 cm³/mol. The van der Waals surface area contributed by atoms with Gasteiger partial charge in [0.25, 0.3) is 0 Å². The fourth-order valence-corrected chi connectivity index (χ4v) is 2.03. The van der Waals surface area contributed by atoms with Crippen molar-refractivity contribution < 1.29 is 19.4 Å². The number of unbranched alkanes of at least 4 members (excludes halogenated alkanes) is 3. The second-order valence-electron chi connectivity index (χ2n) is 4.78. The van der Waals surface area contributed by atoms with Gasteiger partial charge >= 0.3 is 11.9 Å². The van der Waals surface area contributed by atoms with E-state index in [4.69, 9.17) is 9.84 Å². The Balaban J connectivity index is 4.14. The molecule has 106 valence electrons. The predicted octanol–water partition coefficient (Wildman–Crippen LogP) is 3.25. The van der Waals surface area contributed by atoms with E-state index in [9.17, 15) is 9.59 Å². The first-order valence-corrected chi connectivity index (χ1v) is 6.91. The van der Waals surface area contributed by atoms with Crippen LogP contribution in [-0.4, -0.2) is 23.7 Å². The van der Waals surface area contributed by atoms with Crippen molar-refractivity contribution in [1.82, 2.24) is 0 Å². The van der Waals surface area contributed by atoms with Crippen LogP contribution in [0, 0.1) is 11.8 Å². The number of carboxylic acids is 1. The van der Waals surface area contributed by atoms with Crippen molar-refractivity contribution in [2.24, 2.45) is 11.8 Å². The molecule has 0 amide bonds. The summed E-state index contributed by atoms with van der Waals surface area (Å²) >= 11 is 0. The largest absolute Gasteiger partial charge is 0.481 e. The number of hydrogen-bond donors (Lipinski definition) is 1. The Morgan fingerprint density at radius 2 is 1.83 bits per heavy atom. The van der Waals surface area contributed by atoms with Gasteiger partial charge in [-0.2, -0.15) is 0 Å². The summed E-state index contributed by atoms with van der Waals surface area (Å²) in [4.78, 5) is 22.5. The van der Waals surface area contributed by atoms with E-state index in [2.05, 4.69) is 6.92 Å². The minimum absolute atomic E-state index is 0.0158. The lowest BCUT2D eigenvalue weighted by molar-refractivity contribution is -0.153. The number of carboxylic acid groups (broad SMARTS) is 1. The van der Waals surface area contributed by atoms with Gasteiger partial charge < -0.3 is 9.84 Å². The summed E-state index contributed by atoms with van der Waals surface area (Å²) in [6.07, 6.45) is 5.35. The van der Waals surface area contributed by atoms with Crippen LogP contribution < -0.4 is 0 Å². The topological polar surface area (TPSA) is 63.6 Å². The van der Waals surface area contributed by atoms with Crippen LogP contribution in [0.4, 0.5) is 0 Å². The Morgan fingerprint density at radius 3 is 2.33 bits per heavy atom. The number of ether oxygens (including phenoxy) is 1. The molecular weight excluding hydrogens is 232 g/mol. The first-order chi connectivity index (χ1) is 8.52. The van der Waals surface area contributed by atoms with E-state index in [0.29, 0.717) is 6.61 Å². The molecule has 0 aliphatic heterocycles. The van der Waals surface area contributed by atoms with Crippen LogP contribution in [0.3, 0.4) is 0 Å². The number of aliphatic carboxylic acids is 1. The van der Waals surface area contributed by atoms with Crippen molar-refractivity contribution in [2.45, 2.75) is 59.3 Å². The SMILES string of the molecule is CCCCCCC(C)C(CC(=O)OCC)C(=O)O. The fourth-order valence-electron chi connectivity index (χ4n) is 2.03. The van der Waals surface area contributed by atoms with Gasteiger partial charge in [0.1, 0.15) is 0 Å². The van der Waals surface area contributed by atoms with Crippen LogP contribution in [0.15, 0.2) is 0 Å². The molecule has 0 aromatic carbocycles. The standard InChI is InChI=1S/C14H26O4/c1-4-6-7-8-9-11(3)12(14(16)17)10-13(15)18-5-2/h11-12H,4-10H2,1-3H3,(H,16,17). The molecule has 0 aliphatic rings. The molecule has 0 saturated heterocycles. The van der Waals surface area contributed by atoms with Crippen molar-refractivity contribution in [3.63, 3.8) is 0 Å². The second kappa shape index (κ2) is 9.92. The number of carbonyl (C=O) groups is 2. The molecule has 0 radical (unpaired) electrons. The zero-order valence-corrected chi connectivity index (χ0v) is 11.8. The van der Waals surface area contributed by atoms with Gasteiger partial charge in [-0.15, -0.1) is 0 Å². The van der Waals surface area contributed by atoms with Gasteiger partial charge in [0.2, 0.25) is 0 Å². The summed E-state index contributed by atoms with van der Waals surface area (Å²) in [7, 11) is 0. The van der Waals surface area contributed by atoms with Gasteiger partial charge in [-0.3, -0.25) is 9.59 Å². The summed E-state index contributed by atoms with van der Waals surface area (Å²) in [6.45, 7) is 6.08. The van der Waals surface area contributed by atoms with Crippen LogP contribution in [0.1, 0.15) is 59.3 Å². The lowest BCUT2D eigenvalue weighted by atomic mass is 9.87. The average Bonchev–Trinajstić information content (AvgIpc) is 2.31. The molecule has 0 spiro atoms. The normalized spacial score (nSPS) is 13.9. The van der Waals surface area contributed by atoms with E-state index in [0.717, 1.165) is 19.3 Å². The third-order valence-electron chi connectivity index (χ3n) is 3.21. The molecule has 1 N–H and O–H groups in total. The van der Waals surface area contributed by atoms with Crippen molar-refractivity contribution in [1.29, 1.82) is 0 Å². The summed E-state index contributed by atoms with van der Waals surface area (Å²) in [5, 5.41) is 9.16. The molecule has 4 nitrogen and oxygen atoms in total. The molecule has 0 heterocycles. The number of rotatable bonds is 10. The third kappa shape index (κ3) is 7.30. The third-order valence-corrected chi connectivity index (χ3v) is 3.21. The minimum atomic E-state index is -0.897. The maximum atomic E-state index is 11.4. The van der Waals surface area contributed by atoms with Crippen LogP contribution in [-0.2, 0) is 14.3 Å². The highest BCUT2D eigenvalue weighted by molar-refractivity contribution is 5.78. The first kappa shape index (κ1) is 16.9. The maximum absolute atomic E-state index is 11.4. The van der Waals surface area contributed by atoms with Gasteiger partial charge in [0.15, 0.2) is 0 Å². The molecule has 0 fully saturated rings. The number of hydrogen-bond acceptors (Lipinski definition) is 3. The Kier molecular flexibility index (Phi) is 9.33. The second-order valence-corrected chi connectivity index (χ2v) is 4.78. The molecule has 0 bridgehead atoms. The number of esters is 1. The molecule has 0 aromatic rings. The molecule has 18 heavy (non-hydrogen) atoms. The van der Waals surface area contributed by atoms with E-state index in [1.165, 1.54) is 12.8 Å². The van der Waals surface area contributed by atoms with E-state index in [1.807, 2.05) is 6.92 Å². The van der Waals surface area contributed by atoms with Crippen molar-refractivity contribution >= 4 is 11.9 Å². The van der Waals surface area contributed by atoms with Gasteiger partial charge in [-0.25, -0.2) is 0 Å². The van der Waals surface area contributed by atoms with Gasteiger partial charge in [-0.1, -0.05) is 39.5 Å². The monoisotopic (exact) mass is 258 g/mol. The minimum Gasteiger partial charge on any atom is -0.481 e. The van der Waals surface area contributed by atoms with Crippen LogP contribution in [0.5, 0.6) is 0 Å². The van der Waals surface area contributed by atoms with Gasteiger partial charge in [0.05, 0.1) is 18.9 Å². The van der Waals surface area contributed by atoms with E-state index >= 15 is 0 Å². The molecular formula is C14H26O4. The van der Waals surface area contributed by atoms with Crippen LogP contribution in [0.2, 0.25) is 0 Å². The Morgan fingerprint density at radius 1 is 1.17 bits per heavy atom. The highest BCUT2D eigenvalue weighted by Gasteiger charge is 2.27. The Labute approximate surface area is 110 Å². The van der Waals surface area contributed by atoms with Crippen molar-refractivity contribution in [3.8, 4) is 0 Å². The zero-order valence-electron chi connectivity index (χ0n) is 11.8. The van der Waals surface area contributed by atoms with Crippen molar-refractivity contribution in [2.75, 3.05) is 6.61 Å². The summed E-state index contributed by atoms with van der Waals surface area (Å²) in [5.74, 6) is -1.91. The van der Waals surface area contributed by atoms with Crippen LogP contribution in [0.25, 0.3) is 0 Å². The molecule has 0 aliphatic carbocycles. The highest BCUT2D eigenvalue weighted by Crippen LogP contribution is 2.23. The average molecular weight is 258 g/mol. The Bertz CT molecular complexity index is 250. The summed E-state index contributed by atoms with van der Waals surface area (Å²) in [5.41, 5.74) is 0. The molecule has 0 rings (SSSR count). The van der Waals surface area contributed by atoms with E-state index in [1.54, 1.807) is 6.92 Å². The summed E-state index contributed by atoms with van der Waals surface area (Å²) in [6, 6.07) is 0. The Hall–Kier alpha value is -1.06. The quantitative estimate of drug-likeness (QED) is 0.482. The maximum Gasteiger partial charge on any atom is 0.307 e. The summed E-state index contributed by atoms with van der Waals surface area (Å²) < 4.78 is 4.81. The van der Waals surface area contributed by atoms with Gasteiger partial charge in [0, 0.05) is 0 Å². The van der Waals surface area contributed by atoms with Crippen molar-refractivity contribution in [3.05, 3.63) is 0 Å². The molecule has 4 heteroatoms. The molecule has 0 aromatic heterocycles. The number of carbonyl (C=O) groups excluding carboxylic acids is 1. The molecule has 0 saturated carbocycles. The molecule has 2 unspecified atom stereocenters. The lowest BCUT2D eigenvalue weighted by Crippen LogP contribution is -2.25. The van der Waals surface area contributed by atoms with Gasteiger partial charge in [-0.05, 0) is 19.3 Å². The fraction of sp³-hybridized carbons (Fsp3) is 0.857.